The number of aromatic nitrogens is 1. The number of halogens is 1. The number of benzene rings is 1. The van der Waals surface area contributed by atoms with Gasteiger partial charge in [0.05, 0.1) is 0 Å². The monoisotopic (exact) mass is 223 g/mol. The van der Waals surface area contributed by atoms with Gasteiger partial charge in [-0.2, -0.15) is 4.98 Å². The largest absolute Gasteiger partial charge is 0.432 e. The number of nitrogens with zero attached hydrogens (tertiary/aromatic N) is 1. The third-order valence-corrected chi connectivity index (χ3v) is 2.45. The summed E-state index contributed by atoms with van der Waals surface area (Å²) in [6.45, 7) is 0.389. The van der Waals surface area contributed by atoms with E-state index in [0.29, 0.717) is 17.3 Å². The maximum absolute atomic E-state index is 5.94. The molecule has 1 heterocycles. The van der Waals surface area contributed by atoms with E-state index >= 15 is 0 Å². The van der Waals surface area contributed by atoms with Gasteiger partial charge in [0.25, 0.3) is 6.01 Å². The third kappa shape index (κ3) is 1.95. The fourth-order valence-corrected chi connectivity index (χ4v) is 1.51. The van der Waals surface area contributed by atoms with Crippen LogP contribution in [0.4, 0.5) is 6.01 Å². The molecule has 0 saturated carbocycles. The highest BCUT2D eigenvalue weighted by Gasteiger charge is 2.06. The fourth-order valence-electron chi connectivity index (χ4n) is 1.31. The number of hydrogen-bond acceptors (Lipinski definition) is 4. The highest BCUT2D eigenvalue weighted by Crippen LogP contribution is 2.24. The van der Waals surface area contributed by atoms with Gasteiger partial charge >= 0.3 is 0 Å². The molecule has 78 valence electrons. The third-order valence-electron chi connectivity index (χ3n) is 2.08. The van der Waals surface area contributed by atoms with Gasteiger partial charge in [-0.1, -0.05) is 17.7 Å². The van der Waals surface area contributed by atoms with Gasteiger partial charge in [-0.3, -0.25) is 0 Å². The summed E-state index contributed by atoms with van der Waals surface area (Å²) in [5.74, 6) is 0. The summed E-state index contributed by atoms with van der Waals surface area (Å²) in [7, 11) is 0. The molecule has 0 saturated heterocycles. The lowest BCUT2D eigenvalue weighted by Crippen LogP contribution is -1.97. The molecule has 0 fully saturated rings. The van der Waals surface area contributed by atoms with Crippen molar-refractivity contribution in [3.63, 3.8) is 0 Å². The van der Waals surface area contributed by atoms with Crippen LogP contribution in [0.2, 0.25) is 5.02 Å². The SMILES string of the molecule is NCc1cc(-c2coc(N)n2)ccc1Cl. The van der Waals surface area contributed by atoms with Crippen LogP contribution in [0.1, 0.15) is 5.56 Å². The second kappa shape index (κ2) is 3.92. The van der Waals surface area contributed by atoms with Crippen molar-refractivity contribution in [2.24, 2.45) is 5.73 Å². The number of hydrogen-bond donors (Lipinski definition) is 2. The molecule has 4 nitrogen and oxygen atoms in total. The Hall–Kier alpha value is -1.52. The number of nitrogens with two attached hydrogens (primary N) is 2. The van der Waals surface area contributed by atoms with Gasteiger partial charge in [-0.25, -0.2) is 0 Å². The molecule has 0 radical (unpaired) electrons. The minimum atomic E-state index is 0.147. The molecule has 2 rings (SSSR count). The highest BCUT2D eigenvalue weighted by molar-refractivity contribution is 6.31. The minimum Gasteiger partial charge on any atom is -0.432 e. The fraction of sp³-hybridized carbons (Fsp3) is 0.100. The first kappa shape index (κ1) is 10.0. The van der Waals surface area contributed by atoms with Crippen LogP contribution in [0.3, 0.4) is 0 Å². The number of anilines is 1. The van der Waals surface area contributed by atoms with Crippen molar-refractivity contribution in [3.8, 4) is 11.3 Å². The maximum atomic E-state index is 5.94. The van der Waals surface area contributed by atoms with Crippen molar-refractivity contribution in [1.29, 1.82) is 0 Å². The quantitative estimate of drug-likeness (QED) is 0.817. The first-order valence-electron chi connectivity index (χ1n) is 4.40. The number of oxazole rings is 1. The van der Waals surface area contributed by atoms with Crippen LogP contribution >= 0.6 is 11.6 Å². The molecule has 0 aliphatic rings. The zero-order valence-corrected chi connectivity index (χ0v) is 8.66. The molecule has 1 aromatic carbocycles. The van der Waals surface area contributed by atoms with Crippen molar-refractivity contribution in [2.75, 3.05) is 5.73 Å². The van der Waals surface area contributed by atoms with E-state index in [4.69, 9.17) is 27.5 Å². The van der Waals surface area contributed by atoms with Gasteiger partial charge in [0.2, 0.25) is 0 Å². The summed E-state index contributed by atoms with van der Waals surface area (Å²) in [5.41, 5.74) is 13.4. The minimum absolute atomic E-state index is 0.147. The molecule has 0 aliphatic carbocycles. The molecule has 1 aromatic heterocycles. The molecule has 0 spiro atoms. The average Bonchev–Trinajstić information content (AvgIpc) is 2.66. The predicted molar refractivity (Wildman–Crippen MR) is 59.3 cm³/mol. The maximum Gasteiger partial charge on any atom is 0.292 e. The van der Waals surface area contributed by atoms with E-state index in [1.807, 2.05) is 12.1 Å². The van der Waals surface area contributed by atoms with Gasteiger partial charge in [0.1, 0.15) is 12.0 Å². The van der Waals surface area contributed by atoms with Crippen molar-refractivity contribution in [3.05, 3.63) is 35.0 Å². The second-order valence-corrected chi connectivity index (χ2v) is 3.49. The lowest BCUT2D eigenvalue weighted by Gasteiger charge is -2.02. The van der Waals surface area contributed by atoms with Crippen LogP contribution in [0, 0.1) is 0 Å². The Morgan fingerprint density at radius 3 is 2.80 bits per heavy atom. The summed E-state index contributed by atoms with van der Waals surface area (Å²) in [5, 5.41) is 0.651. The van der Waals surface area contributed by atoms with E-state index in [-0.39, 0.29) is 6.01 Å². The van der Waals surface area contributed by atoms with E-state index in [1.54, 1.807) is 6.07 Å². The first-order valence-corrected chi connectivity index (χ1v) is 4.78. The smallest absolute Gasteiger partial charge is 0.292 e. The molecule has 0 bridgehead atoms. The lowest BCUT2D eigenvalue weighted by atomic mass is 10.1. The number of rotatable bonds is 2. The molecule has 0 unspecified atom stereocenters. The Balaban J connectivity index is 2.45. The molecular formula is C10H10ClN3O. The van der Waals surface area contributed by atoms with Crippen LogP contribution in [0.25, 0.3) is 11.3 Å². The summed E-state index contributed by atoms with van der Waals surface area (Å²) in [6.07, 6.45) is 1.50. The molecule has 5 heteroatoms. The summed E-state index contributed by atoms with van der Waals surface area (Å²) >= 11 is 5.94. The second-order valence-electron chi connectivity index (χ2n) is 3.08. The first-order chi connectivity index (χ1) is 7.20. The molecule has 4 N–H and O–H groups in total. The Kier molecular flexibility index (Phi) is 2.62. The van der Waals surface area contributed by atoms with Crippen LogP contribution in [-0.4, -0.2) is 4.98 Å². The van der Waals surface area contributed by atoms with E-state index < -0.39 is 0 Å². The van der Waals surface area contributed by atoms with Gasteiger partial charge < -0.3 is 15.9 Å². The Labute approximate surface area is 91.9 Å². The normalized spacial score (nSPS) is 10.5. The molecular weight excluding hydrogens is 214 g/mol. The zero-order valence-electron chi connectivity index (χ0n) is 7.90. The predicted octanol–water partition coefficient (Wildman–Crippen LogP) is 2.04. The van der Waals surface area contributed by atoms with E-state index in [9.17, 15) is 0 Å². The molecule has 15 heavy (non-hydrogen) atoms. The van der Waals surface area contributed by atoms with E-state index in [2.05, 4.69) is 4.98 Å². The van der Waals surface area contributed by atoms with Crippen molar-refractivity contribution >= 4 is 17.6 Å². The Morgan fingerprint density at radius 1 is 1.40 bits per heavy atom. The Morgan fingerprint density at radius 2 is 2.20 bits per heavy atom. The van der Waals surface area contributed by atoms with Crippen LogP contribution in [0.15, 0.2) is 28.9 Å². The lowest BCUT2D eigenvalue weighted by molar-refractivity contribution is 0.581. The summed E-state index contributed by atoms with van der Waals surface area (Å²) in [6, 6.07) is 5.65. The van der Waals surface area contributed by atoms with Crippen molar-refractivity contribution in [1.82, 2.24) is 4.98 Å². The Bertz CT molecular complexity index is 481. The van der Waals surface area contributed by atoms with E-state index in [1.165, 1.54) is 6.26 Å². The van der Waals surface area contributed by atoms with Gasteiger partial charge in [0.15, 0.2) is 0 Å². The highest BCUT2D eigenvalue weighted by atomic mass is 35.5. The molecule has 0 aliphatic heterocycles. The summed E-state index contributed by atoms with van der Waals surface area (Å²) in [4.78, 5) is 4.01. The van der Waals surface area contributed by atoms with Gasteiger partial charge in [-0.05, 0) is 17.7 Å². The topological polar surface area (TPSA) is 78.1 Å². The molecule has 0 amide bonds. The van der Waals surface area contributed by atoms with Crippen LogP contribution in [0.5, 0.6) is 0 Å². The molecule has 2 aromatic rings. The van der Waals surface area contributed by atoms with Crippen LogP contribution < -0.4 is 11.5 Å². The van der Waals surface area contributed by atoms with Crippen LogP contribution in [-0.2, 0) is 6.54 Å². The summed E-state index contributed by atoms with van der Waals surface area (Å²) < 4.78 is 4.93. The molecule has 0 atom stereocenters. The van der Waals surface area contributed by atoms with E-state index in [0.717, 1.165) is 11.1 Å². The average molecular weight is 224 g/mol. The number of nitrogen functional groups attached to an aromatic ring is 1. The van der Waals surface area contributed by atoms with Crippen molar-refractivity contribution < 1.29 is 4.42 Å². The van der Waals surface area contributed by atoms with Gasteiger partial charge in [-0.15, -0.1) is 0 Å². The van der Waals surface area contributed by atoms with Gasteiger partial charge in [0, 0.05) is 17.1 Å². The van der Waals surface area contributed by atoms with Crippen molar-refractivity contribution in [2.45, 2.75) is 6.54 Å². The standard InChI is InChI=1S/C10H10ClN3O/c11-8-2-1-6(3-7(8)4-12)9-5-15-10(13)14-9/h1-3,5H,4,12H2,(H2,13,14). The zero-order chi connectivity index (χ0) is 10.8.